The predicted octanol–water partition coefficient (Wildman–Crippen LogP) is 1.47. The van der Waals surface area contributed by atoms with E-state index < -0.39 is 0 Å². The summed E-state index contributed by atoms with van der Waals surface area (Å²) < 4.78 is 0. The normalized spacial score (nSPS) is 18.4. The van der Waals surface area contributed by atoms with Crippen molar-refractivity contribution in [2.45, 2.75) is 25.2 Å². The number of aromatic nitrogens is 3. The van der Waals surface area contributed by atoms with Crippen LogP contribution >= 0.6 is 0 Å². The summed E-state index contributed by atoms with van der Waals surface area (Å²) in [6.45, 7) is 1.56. The molecule has 1 amide bonds. The summed E-state index contributed by atoms with van der Waals surface area (Å²) in [5.74, 6) is 0.540. The number of nitrogens with one attached hydrogen (secondary N) is 2. The van der Waals surface area contributed by atoms with E-state index in [9.17, 15) is 4.79 Å². The molecule has 0 radical (unpaired) electrons. The molecular formula is C14H16N4O. The van der Waals surface area contributed by atoms with Crippen molar-refractivity contribution in [3.8, 4) is 0 Å². The van der Waals surface area contributed by atoms with Gasteiger partial charge in [0.05, 0.1) is 0 Å². The molecule has 1 fully saturated rings. The molecular weight excluding hydrogens is 240 g/mol. The number of rotatable bonds is 2. The Hall–Kier alpha value is -2.04. The Bertz CT molecular complexity index is 586. The second kappa shape index (κ2) is 3.98. The van der Waals surface area contributed by atoms with Gasteiger partial charge in [0.25, 0.3) is 5.91 Å². The number of carbonyl (C=O) groups excluding carboxylic acids is 1. The van der Waals surface area contributed by atoms with Gasteiger partial charge in [0.2, 0.25) is 0 Å². The second-order valence-corrected chi connectivity index (χ2v) is 5.46. The van der Waals surface area contributed by atoms with Gasteiger partial charge < -0.3 is 9.88 Å². The minimum absolute atomic E-state index is 0.130. The summed E-state index contributed by atoms with van der Waals surface area (Å²) in [6.07, 6.45) is 5.16. The van der Waals surface area contributed by atoms with E-state index in [0.717, 1.165) is 37.3 Å². The molecule has 0 bridgehead atoms. The monoisotopic (exact) mass is 256 g/mol. The third kappa shape index (κ3) is 1.69. The zero-order valence-electron chi connectivity index (χ0n) is 10.6. The molecule has 0 aromatic carbocycles. The van der Waals surface area contributed by atoms with Gasteiger partial charge in [-0.05, 0) is 37.0 Å². The first kappa shape index (κ1) is 10.8. The molecule has 2 aromatic heterocycles. The number of amides is 1. The molecule has 0 spiro atoms. The molecule has 1 aliphatic heterocycles. The largest absolute Gasteiger partial charge is 0.354 e. The number of hydrogen-bond donors (Lipinski definition) is 2. The molecule has 5 nitrogen and oxygen atoms in total. The van der Waals surface area contributed by atoms with Gasteiger partial charge in [0.1, 0.15) is 5.69 Å². The number of nitrogens with zero attached hydrogens (tertiary/aromatic N) is 2. The summed E-state index contributed by atoms with van der Waals surface area (Å²) in [4.78, 5) is 17.5. The lowest BCUT2D eigenvalue weighted by atomic mass is 9.96. The zero-order valence-corrected chi connectivity index (χ0v) is 10.6. The Morgan fingerprint density at radius 3 is 3.00 bits per heavy atom. The van der Waals surface area contributed by atoms with Crippen molar-refractivity contribution in [1.29, 1.82) is 0 Å². The SMILES string of the molecule is O=C(c1cc2c([nH]1)CCC2)N1CC(c2ccn[nH]2)C1. The lowest BCUT2D eigenvalue weighted by molar-refractivity contribution is 0.0593. The number of carbonyl (C=O) groups is 1. The van der Waals surface area contributed by atoms with E-state index in [1.807, 2.05) is 17.0 Å². The number of aromatic amines is 2. The highest BCUT2D eigenvalue weighted by Crippen LogP contribution is 2.28. The number of aryl methyl sites for hydroxylation is 2. The molecule has 2 aromatic rings. The van der Waals surface area contributed by atoms with E-state index in [1.54, 1.807) is 6.20 Å². The lowest BCUT2D eigenvalue weighted by Crippen LogP contribution is -2.48. The smallest absolute Gasteiger partial charge is 0.270 e. The van der Waals surface area contributed by atoms with E-state index in [0.29, 0.717) is 5.92 Å². The van der Waals surface area contributed by atoms with Gasteiger partial charge in [-0.1, -0.05) is 0 Å². The number of hydrogen-bond acceptors (Lipinski definition) is 2. The number of fused-ring (bicyclic) bond motifs is 1. The Balaban J connectivity index is 1.45. The molecule has 4 rings (SSSR count). The minimum Gasteiger partial charge on any atom is -0.354 e. The predicted molar refractivity (Wildman–Crippen MR) is 70.0 cm³/mol. The van der Waals surface area contributed by atoms with Crippen LogP contribution in [-0.2, 0) is 12.8 Å². The Kier molecular flexibility index (Phi) is 2.27. The van der Waals surface area contributed by atoms with E-state index >= 15 is 0 Å². The maximum atomic E-state index is 12.3. The van der Waals surface area contributed by atoms with Crippen LogP contribution in [0.5, 0.6) is 0 Å². The molecule has 19 heavy (non-hydrogen) atoms. The lowest BCUT2D eigenvalue weighted by Gasteiger charge is -2.38. The fraction of sp³-hybridized carbons (Fsp3) is 0.429. The average Bonchev–Trinajstić information content (AvgIpc) is 3.02. The molecule has 0 atom stereocenters. The van der Waals surface area contributed by atoms with E-state index in [-0.39, 0.29) is 5.91 Å². The number of H-pyrrole nitrogens is 2. The van der Waals surface area contributed by atoms with Gasteiger partial charge in [-0.2, -0.15) is 5.10 Å². The van der Waals surface area contributed by atoms with Crippen LogP contribution in [0.15, 0.2) is 18.3 Å². The summed E-state index contributed by atoms with van der Waals surface area (Å²) in [6, 6.07) is 4.02. The highest BCUT2D eigenvalue weighted by molar-refractivity contribution is 5.93. The summed E-state index contributed by atoms with van der Waals surface area (Å²) in [5.41, 5.74) is 4.47. The van der Waals surface area contributed by atoms with Crippen LogP contribution < -0.4 is 0 Å². The van der Waals surface area contributed by atoms with Gasteiger partial charge in [-0.25, -0.2) is 0 Å². The summed E-state index contributed by atoms with van der Waals surface area (Å²) in [7, 11) is 0. The van der Waals surface area contributed by atoms with Crippen LogP contribution in [0.1, 0.15) is 39.8 Å². The van der Waals surface area contributed by atoms with Crippen molar-refractivity contribution in [3.05, 3.63) is 41.0 Å². The van der Waals surface area contributed by atoms with Crippen molar-refractivity contribution < 1.29 is 4.79 Å². The summed E-state index contributed by atoms with van der Waals surface area (Å²) in [5, 5.41) is 6.93. The van der Waals surface area contributed by atoms with Gasteiger partial charge in [0, 0.05) is 36.6 Å². The topological polar surface area (TPSA) is 64.8 Å². The molecule has 0 unspecified atom stereocenters. The van der Waals surface area contributed by atoms with Gasteiger partial charge in [-0.3, -0.25) is 9.89 Å². The van der Waals surface area contributed by atoms with Crippen LogP contribution in [-0.4, -0.2) is 39.1 Å². The van der Waals surface area contributed by atoms with Crippen LogP contribution in [0, 0.1) is 0 Å². The molecule has 0 saturated carbocycles. The van der Waals surface area contributed by atoms with Crippen molar-refractivity contribution in [1.82, 2.24) is 20.1 Å². The van der Waals surface area contributed by atoms with Crippen LogP contribution in [0.25, 0.3) is 0 Å². The molecule has 98 valence electrons. The first-order chi connectivity index (χ1) is 9.31. The first-order valence-corrected chi connectivity index (χ1v) is 6.80. The molecule has 2 aliphatic rings. The van der Waals surface area contributed by atoms with Crippen molar-refractivity contribution in [3.63, 3.8) is 0 Å². The first-order valence-electron chi connectivity index (χ1n) is 6.80. The quantitative estimate of drug-likeness (QED) is 0.854. The van der Waals surface area contributed by atoms with Gasteiger partial charge in [-0.15, -0.1) is 0 Å². The number of likely N-dealkylation sites (tertiary alicyclic amines) is 1. The van der Waals surface area contributed by atoms with Crippen LogP contribution in [0.3, 0.4) is 0 Å². The van der Waals surface area contributed by atoms with Crippen molar-refractivity contribution in [2.75, 3.05) is 13.1 Å². The van der Waals surface area contributed by atoms with Crippen molar-refractivity contribution in [2.24, 2.45) is 0 Å². The molecule has 5 heteroatoms. The maximum Gasteiger partial charge on any atom is 0.270 e. The summed E-state index contributed by atoms with van der Waals surface area (Å²) >= 11 is 0. The maximum absolute atomic E-state index is 12.3. The fourth-order valence-electron chi connectivity index (χ4n) is 3.06. The van der Waals surface area contributed by atoms with Crippen molar-refractivity contribution >= 4 is 5.91 Å². The second-order valence-electron chi connectivity index (χ2n) is 5.46. The zero-order chi connectivity index (χ0) is 12.8. The molecule has 1 aliphatic carbocycles. The fourth-order valence-corrected chi connectivity index (χ4v) is 3.06. The van der Waals surface area contributed by atoms with Crippen LogP contribution in [0.2, 0.25) is 0 Å². The molecule has 2 N–H and O–H groups in total. The third-order valence-corrected chi connectivity index (χ3v) is 4.23. The van der Waals surface area contributed by atoms with Crippen LogP contribution in [0.4, 0.5) is 0 Å². The standard InChI is InChI=1S/C14H16N4O/c19-14(13-6-9-2-1-3-11(9)16-13)18-7-10(8-18)12-4-5-15-17-12/h4-6,10,16H,1-3,7-8H2,(H,15,17). The Morgan fingerprint density at radius 2 is 2.26 bits per heavy atom. The molecule has 1 saturated heterocycles. The van der Waals surface area contributed by atoms with E-state index in [1.165, 1.54) is 17.7 Å². The van der Waals surface area contributed by atoms with Gasteiger partial charge >= 0.3 is 0 Å². The molecule has 3 heterocycles. The average molecular weight is 256 g/mol. The highest BCUT2D eigenvalue weighted by atomic mass is 16.2. The highest BCUT2D eigenvalue weighted by Gasteiger charge is 2.34. The van der Waals surface area contributed by atoms with E-state index in [2.05, 4.69) is 15.2 Å². The third-order valence-electron chi connectivity index (χ3n) is 4.23. The van der Waals surface area contributed by atoms with Gasteiger partial charge in [0.15, 0.2) is 0 Å². The Morgan fingerprint density at radius 1 is 1.37 bits per heavy atom. The minimum atomic E-state index is 0.130. The Labute approximate surface area is 111 Å². The van der Waals surface area contributed by atoms with E-state index in [4.69, 9.17) is 0 Å².